The molecule has 10 nitrogen and oxygen atoms in total. The van der Waals surface area contributed by atoms with E-state index in [4.69, 9.17) is 18.9 Å². The van der Waals surface area contributed by atoms with Gasteiger partial charge in [0.1, 0.15) is 30.5 Å². The van der Waals surface area contributed by atoms with Crippen LogP contribution in [0.5, 0.6) is 17.2 Å². The Morgan fingerprint density at radius 2 is 1.18 bits per heavy atom. The topological polar surface area (TPSA) is 129 Å². The predicted octanol–water partition coefficient (Wildman–Crippen LogP) is 8.89. The fourth-order valence-corrected chi connectivity index (χ4v) is 7.36. The van der Waals surface area contributed by atoms with Crippen molar-refractivity contribution >= 4 is 23.6 Å². The van der Waals surface area contributed by atoms with E-state index in [9.17, 15) is 19.2 Å². The first-order chi connectivity index (χ1) is 30.2. The third kappa shape index (κ3) is 12.4. The second-order valence-electron chi connectivity index (χ2n) is 14.9. The highest BCUT2D eigenvalue weighted by Gasteiger charge is 2.35. The Morgan fingerprint density at radius 1 is 0.565 bits per heavy atom. The molecule has 0 bridgehead atoms. The molecule has 0 fully saturated rings. The van der Waals surface area contributed by atoms with Crippen LogP contribution < -0.4 is 24.8 Å². The molecule has 0 atom stereocenters. The smallest absolute Gasteiger partial charge is 0.338 e. The monoisotopic (exact) mass is 832 g/mol. The lowest BCUT2D eigenvalue weighted by atomic mass is 9.66. The molecular weight excluding hydrogens is 781 g/mol. The Morgan fingerprint density at radius 3 is 1.84 bits per heavy atom. The number of esters is 1. The summed E-state index contributed by atoms with van der Waals surface area (Å²) in [5, 5.41) is 5.72. The molecule has 0 radical (unpaired) electrons. The highest BCUT2D eigenvalue weighted by Crippen LogP contribution is 2.43. The minimum atomic E-state index is -0.556. The minimum Gasteiger partial charge on any atom is -0.497 e. The van der Waals surface area contributed by atoms with Crippen molar-refractivity contribution in [1.82, 2.24) is 10.6 Å². The summed E-state index contributed by atoms with van der Waals surface area (Å²) in [6.07, 6.45) is 2.16. The molecule has 0 unspecified atom stereocenters. The highest BCUT2D eigenvalue weighted by atomic mass is 16.5. The maximum Gasteiger partial charge on any atom is 0.338 e. The number of ketones is 1. The van der Waals surface area contributed by atoms with E-state index in [0.29, 0.717) is 55.0 Å². The van der Waals surface area contributed by atoms with Gasteiger partial charge in [-0.1, -0.05) is 115 Å². The van der Waals surface area contributed by atoms with Crippen LogP contribution >= 0.6 is 0 Å². The molecule has 0 aliphatic heterocycles. The Bertz CT molecular complexity index is 2350. The first kappa shape index (κ1) is 44.4. The molecule has 0 saturated heterocycles. The summed E-state index contributed by atoms with van der Waals surface area (Å²) in [7, 11) is 1.66. The van der Waals surface area contributed by atoms with Gasteiger partial charge in [0.15, 0.2) is 12.4 Å². The van der Waals surface area contributed by atoms with Crippen molar-refractivity contribution in [2.75, 3.05) is 33.4 Å². The second-order valence-corrected chi connectivity index (χ2v) is 14.9. The molecule has 0 aliphatic rings. The van der Waals surface area contributed by atoms with Crippen molar-refractivity contribution in [3.63, 3.8) is 0 Å². The van der Waals surface area contributed by atoms with Crippen LogP contribution in [0.4, 0.5) is 0 Å². The van der Waals surface area contributed by atoms with Crippen molar-refractivity contribution in [2.45, 2.75) is 44.6 Å². The Labute approximate surface area is 363 Å². The molecule has 0 aromatic heterocycles. The van der Waals surface area contributed by atoms with E-state index in [2.05, 4.69) is 47.0 Å². The van der Waals surface area contributed by atoms with Crippen LogP contribution in [0, 0.1) is 0 Å². The highest BCUT2D eigenvalue weighted by molar-refractivity contribution is 5.92. The SMILES string of the molecule is COc1ccc(C(CCCNC(=O)COc2cc(C(=O)OCc3ccccc3)cc(-c3cccc(OCC(=O)CCCNC(C)=O)c3)c2)(c2ccccc2)c2ccccc2)cc1. The summed E-state index contributed by atoms with van der Waals surface area (Å²) >= 11 is 0. The van der Waals surface area contributed by atoms with E-state index in [1.54, 1.807) is 43.5 Å². The zero-order valence-corrected chi connectivity index (χ0v) is 35.1. The van der Waals surface area contributed by atoms with Crippen molar-refractivity contribution in [3.05, 3.63) is 186 Å². The molecule has 318 valence electrons. The van der Waals surface area contributed by atoms with Crippen LogP contribution in [0.1, 0.15) is 65.2 Å². The van der Waals surface area contributed by atoms with Gasteiger partial charge < -0.3 is 29.6 Å². The summed E-state index contributed by atoms with van der Waals surface area (Å²) in [6, 6.07) is 50.5. The lowest BCUT2D eigenvalue weighted by Gasteiger charge is -2.36. The molecule has 0 saturated carbocycles. The van der Waals surface area contributed by atoms with Gasteiger partial charge in [-0.05, 0) is 95.1 Å². The number of amides is 2. The number of ether oxygens (including phenoxy) is 4. The number of rotatable bonds is 22. The Hall–Kier alpha value is -7.20. The van der Waals surface area contributed by atoms with Crippen LogP contribution in [-0.2, 0) is 31.1 Å². The fourth-order valence-electron chi connectivity index (χ4n) is 7.36. The maximum absolute atomic E-state index is 13.4. The molecule has 6 rings (SSSR count). The van der Waals surface area contributed by atoms with E-state index in [1.807, 2.05) is 84.9 Å². The molecule has 6 aromatic carbocycles. The fraction of sp³-hybridized carbons (Fsp3) is 0.231. The van der Waals surface area contributed by atoms with Gasteiger partial charge in [0.05, 0.1) is 12.7 Å². The van der Waals surface area contributed by atoms with Crippen molar-refractivity contribution in [1.29, 1.82) is 0 Å². The number of Topliss-reactive ketones (excluding diaryl/α,β-unsaturated/α-hetero) is 1. The molecule has 0 heterocycles. The van der Waals surface area contributed by atoms with Crippen LogP contribution in [-0.4, -0.2) is 57.0 Å². The number of carbonyl (C=O) groups excluding carboxylic acids is 4. The van der Waals surface area contributed by atoms with E-state index in [-0.39, 0.29) is 49.4 Å². The van der Waals surface area contributed by atoms with E-state index in [1.165, 1.54) is 6.92 Å². The van der Waals surface area contributed by atoms with E-state index < -0.39 is 11.4 Å². The molecule has 2 amide bonds. The van der Waals surface area contributed by atoms with Crippen LogP contribution in [0.25, 0.3) is 11.1 Å². The number of benzene rings is 6. The summed E-state index contributed by atoms with van der Waals surface area (Å²) in [5.41, 5.74) is 5.32. The zero-order chi connectivity index (χ0) is 43.6. The van der Waals surface area contributed by atoms with Gasteiger partial charge in [-0.3, -0.25) is 14.4 Å². The lowest BCUT2D eigenvalue weighted by Crippen LogP contribution is -2.33. The average Bonchev–Trinajstić information content (AvgIpc) is 3.32. The van der Waals surface area contributed by atoms with Gasteiger partial charge in [0.25, 0.3) is 5.91 Å². The third-order valence-electron chi connectivity index (χ3n) is 10.5. The first-order valence-electron chi connectivity index (χ1n) is 20.7. The molecular formula is C52H52N2O8. The van der Waals surface area contributed by atoms with Gasteiger partial charge in [-0.25, -0.2) is 4.79 Å². The average molecular weight is 833 g/mol. The summed E-state index contributed by atoms with van der Waals surface area (Å²) in [4.78, 5) is 50.3. The molecule has 2 N–H and O–H groups in total. The molecule has 10 heteroatoms. The van der Waals surface area contributed by atoms with Gasteiger partial charge in [-0.2, -0.15) is 0 Å². The van der Waals surface area contributed by atoms with Crippen molar-refractivity contribution in [3.8, 4) is 28.4 Å². The predicted molar refractivity (Wildman–Crippen MR) is 239 cm³/mol. The molecule has 62 heavy (non-hydrogen) atoms. The van der Waals surface area contributed by atoms with E-state index >= 15 is 0 Å². The molecule has 0 spiro atoms. The summed E-state index contributed by atoms with van der Waals surface area (Å²) < 4.78 is 23.0. The third-order valence-corrected chi connectivity index (χ3v) is 10.5. The van der Waals surface area contributed by atoms with Crippen LogP contribution in [0.15, 0.2) is 158 Å². The Kier molecular flexibility index (Phi) is 16.0. The van der Waals surface area contributed by atoms with Crippen molar-refractivity contribution in [2.24, 2.45) is 0 Å². The quantitative estimate of drug-likeness (QED) is 0.0395. The maximum atomic E-state index is 13.4. The molecule has 6 aromatic rings. The summed E-state index contributed by atoms with van der Waals surface area (Å²) in [5.74, 6) is 0.440. The van der Waals surface area contributed by atoms with Gasteiger partial charge in [-0.15, -0.1) is 0 Å². The molecule has 0 aliphatic carbocycles. The second kappa shape index (κ2) is 22.4. The van der Waals surface area contributed by atoms with E-state index in [0.717, 1.165) is 28.0 Å². The number of methoxy groups -OCH3 is 1. The van der Waals surface area contributed by atoms with Gasteiger partial charge >= 0.3 is 5.97 Å². The largest absolute Gasteiger partial charge is 0.497 e. The number of nitrogens with one attached hydrogen (secondary N) is 2. The van der Waals surface area contributed by atoms with Crippen LogP contribution in [0.2, 0.25) is 0 Å². The number of hydrogen-bond donors (Lipinski definition) is 2. The Balaban J connectivity index is 1.14. The first-order valence-corrected chi connectivity index (χ1v) is 20.7. The number of hydrogen-bond acceptors (Lipinski definition) is 8. The van der Waals surface area contributed by atoms with Gasteiger partial charge in [0.2, 0.25) is 5.91 Å². The summed E-state index contributed by atoms with van der Waals surface area (Å²) in [6.45, 7) is 1.93. The van der Waals surface area contributed by atoms with Gasteiger partial charge in [0, 0.05) is 31.8 Å². The zero-order valence-electron chi connectivity index (χ0n) is 35.1. The van der Waals surface area contributed by atoms with Crippen LogP contribution in [0.3, 0.4) is 0 Å². The van der Waals surface area contributed by atoms with Crippen molar-refractivity contribution < 1.29 is 38.1 Å². The lowest BCUT2D eigenvalue weighted by molar-refractivity contribution is -0.123. The standard InChI is InChI=1S/C52H52N2O8/c1-38(55)53-29-13-22-46(56)36-60-48-23-12-17-40(32-48)41-31-42(51(58)62-35-39-15-6-3-7-16-39)34-49(33-41)61-37-50(57)54-30-14-28-52(43-18-8-4-9-19-43,44-20-10-5-11-21-44)45-24-26-47(59-2)27-25-45/h3-12,15-21,23-27,31-34H,13-14,22,28-30,35-37H2,1-2H3,(H,53,55)(H,54,57). The minimum absolute atomic E-state index is 0.0823. The normalized spacial score (nSPS) is 10.9. The number of carbonyl (C=O) groups is 4.